The maximum absolute atomic E-state index is 14.4. The Morgan fingerprint density at radius 1 is 0.947 bits per heavy atom. The number of nitrogens with zero attached hydrogens (tertiary/aromatic N) is 1. The highest BCUT2D eigenvalue weighted by Crippen LogP contribution is 2.37. The minimum atomic E-state index is -5.11. The first kappa shape index (κ1) is 29.2. The molecule has 1 fully saturated rings. The topological polar surface area (TPSA) is 58.6 Å². The smallest absolute Gasteiger partial charge is 0.416 e. The molecule has 2 aromatic carbocycles. The largest absolute Gasteiger partial charge is 0.444 e. The number of rotatable bonds is 3. The van der Waals surface area contributed by atoms with Crippen LogP contribution >= 0.6 is 0 Å². The number of carbonyl (C=O) groups excluding carboxylic acids is 2. The molecule has 5 nitrogen and oxygen atoms in total. The molecule has 2 aromatic rings. The maximum Gasteiger partial charge on any atom is 0.416 e. The number of hydrogen-bond acceptors (Lipinski definition) is 3. The van der Waals surface area contributed by atoms with Gasteiger partial charge in [-0.25, -0.2) is 9.18 Å². The number of carbonyl (C=O) groups is 2. The van der Waals surface area contributed by atoms with Crippen molar-refractivity contribution in [2.45, 2.75) is 64.0 Å². The Balaban J connectivity index is 1.94. The van der Waals surface area contributed by atoms with Crippen LogP contribution in [0.3, 0.4) is 0 Å². The van der Waals surface area contributed by atoms with Crippen molar-refractivity contribution < 1.29 is 45.1 Å². The molecule has 1 heterocycles. The van der Waals surface area contributed by atoms with Gasteiger partial charge in [0.25, 0.3) is 5.91 Å². The van der Waals surface area contributed by atoms with E-state index < -0.39 is 64.4 Å². The normalized spacial score (nSPS) is 18.8. The van der Waals surface area contributed by atoms with E-state index >= 15 is 0 Å². The quantitative estimate of drug-likeness (QED) is 0.435. The first-order chi connectivity index (χ1) is 17.3. The van der Waals surface area contributed by atoms with Crippen LogP contribution in [-0.4, -0.2) is 41.6 Å². The average molecular weight is 548 g/mol. The van der Waals surface area contributed by atoms with Gasteiger partial charge < -0.3 is 15.0 Å². The summed E-state index contributed by atoms with van der Waals surface area (Å²) in [7, 11) is 0. The molecule has 1 N–H and O–H groups in total. The summed E-state index contributed by atoms with van der Waals surface area (Å²) in [4.78, 5) is 27.0. The lowest BCUT2D eigenvalue weighted by molar-refractivity contribution is -0.143. The molecule has 208 valence electrons. The molecule has 0 aliphatic carbocycles. The number of benzene rings is 2. The van der Waals surface area contributed by atoms with E-state index in [0.717, 1.165) is 0 Å². The molecule has 0 aromatic heterocycles. The molecular formula is C26H27F7N2O3. The van der Waals surface area contributed by atoms with Gasteiger partial charge >= 0.3 is 18.4 Å². The van der Waals surface area contributed by atoms with Crippen molar-refractivity contribution in [2.75, 3.05) is 13.1 Å². The summed E-state index contributed by atoms with van der Waals surface area (Å²) in [5, 5.41) is 2.51. The maximum atomic E-state index is 14.4. The van der Waals surface area contributed by atoms with Crippen molar-refractivity contribution in [3.63, 3.8) is 0 Å². The molecule has 0 spiro atoms. The van der Waals surface area contributed by atoms with E-state index in [0.29, 0.717) is 23.3 Å². The third-order valence-electron chi connectivity index (χ3n) is 6.05. The summed E-state index contributed by atoms with van der Waals surface area (Å²) in [5.41, 5.74) is -4.11. The van der Waals surface area contributed by atoms with Crippen LogP contribution in [-0.2, 0) is 17.1 Å². The Bertz CT molecular complexity index is 1170. The number of halogens is 7. The zero-order valence-electron chi connectivity index (χ0n) is 21.1. The van der Waals surface area contributed by atoms with E-state index in [-0.39, 0.29) is 25.6 Å². The number of hydrogen-bond donors (Lipinski definition) is 1. The van der Waals surface area contributed by atoms with Crippen LogP contribution < -0.4 is 5.32 Å². The predicted octanol–water partition coefficient (Wildman–Crippen LogP) is 6.69. The molecule has 1 aliphatic rings. The van der Waals surface area contributed by atoms with Crippen LogP contribution in [0.25, 0.3) is 0 Å². The lowest BCUT2D eigenvalue weighted by atomic mass is 9.85. The number of nitrogens with one attached hydrogen (secondary N) is 1. The number of aryl methyl sites for hydroxylation is 1. The molecule has 3 rings (SSSR count). The highest BCUT2D eigenvalue weighted by Gasteiger charge is 2.39. The Morgan fingerprint density at radius 2 is 1.53 bits per heavy atom. The second-order valence-corrected chi connectivity index (χ2v) is 10.2. The second-order valence-electron chi connectivity index (χ2n) is 10.2. The summed E-state index contributed by atoms with van der Waals surface area (Å²) >= 11 is 0. The number of amides is 2. The molecular weight excluding hydrogens is 521 g/mol. The number of alkyl halides is 6. The zero-order chi connectivity index (χ0) is 28.6. The third-order valence-corrected chi connectivity index (χ3v) is 6.05. The summed E-state index contributed by atoms with van der Waals surface area (Å²) in [6.45, 7) is 6.62. The minimum Gasteiger partial charge on any atom is -0.444 e. The van der Waals surface area contributed by atoms with E-state index in [1.54, 1.807) is 26.8 Å². The van der Waals surface area contributed by atoms with Gasteiger partial charge in [0, 0.05) is 30.6 Å². The van der Waals surface area contributed by atoms with Crippen LogP contribution in [0.5, 0.6) is 0 Å². The van der Waals surface area contributed by atoms with Crippen molar-refractivity contribution >= 4 is 12.0 Å². The van der Waals surface area contributed by atoms with Crippen LogP contribution in [0.1, 0.15) is 65.7 Å². The van der Waals surface area contributed by atoms with Gasteiger partial charge in [-0.15, -0.1) is 0 Å². The van der Waals surface area contributed by atoms with Gasteiger partial charge in [0.15, 0.2) is 0 Å². The Hall–Kier alpha value is -3.31. The van der Waals surface area contributed by atoms with Crippen molar-refractivity contribution in [3.8, 4) is 0 Å². The summed E-state index contributed by atoms with van der Waals surface area (Å²) in [6.07, 6.45) is -10.8. The molecule has 2 atom stereocenters. The highest BCUT2D eigenvalue weighted by atomic mass is 19.4. The van der Waals surface area contributed by atoms with Crippen LogP contribution in [0.2, 0.25) is 0 Å². The first-order valence-electron chi connectivity index (χ1n) is 11.7. The van der Waals surface area contributed by atoms with Gasteiger partial charge in [0.1, 0.15) is 11.4 Å². The van der Waals surface area contributed by atoms with Crippen molar-refractivity contribution in [1.82, 2.24) is 10.2 Å². The average Bonchev–Trinajstić information content (AvgIpc) is 2.78. The molecule has 2 unspecified atom stereocenters. The van der Waals surface area contributed by atoms with Gasteiger partial charge in [0.2, 0.25) is 0 Å². The third kappa shape index (κ3) is 7.16. The molecule has 2 amide bonds. The van der Waals surface area contributed by atoms with E-state index in [1.807, 2.05) is 0 Å². The SMILES string of the molecule is Cc1ccc(C2CN(C(=O)OC(C)(C)C)CCC2NC(=O)c2cc(C(F)(F)F)cc(C(F)(F)F)c2)cc1F. The number of piperidine rings is 1. The van der Waals surface area contributed by atoms with Crippen LogP contribution in [0, 0.1) is 12.7 Å². The van der Waals surface area contributed by atoms with E-state index in [4.69, 9.17) is 4.74 Å². The van der Waals surface area contributed by atoms with E-state index in [9.17, 15) is 40.3 Å². The molecule has 0 radical (unpaired) electrons. The zero-order valence-corrected chi connectivity index (χ0v) is 21.1. The molecule has 38 heavy (non-hydrogen) atoms. The van der Waals surface area contributed by atoms with Gasteiger partial charge in [-0.1, -0.05) is 12.1 Å². The van der Waals surface area contributed by atoms with Gasteiger partial charge in [-0.05, 0) is 69.5 Å². The fraction of sp³-hybridized carbons (Fsp3) is 0.462. The van der Waals surface area contributed by atoms with Gasteiger partial charge in [0.05, 0.1) is 11.1 Å². The van der Waals surface area contributed by atoms with E-state index in [2.05, 4.69) is 5.32 Å². The Labute approximate surface area is 214 Å². The highest BCUT2D eigenvalue weighted by molar-refractivity contribution is 5.95. The number of ether oxygens (including phenoxy) is 1. The van der Waals surface area contributed by atoms with Crippen molar-refractivity contribution in [3.05, 3.63) is 70.0 Å². The van der Waals surface area contributed by atoms with Crippen molar-refractivity contribution in [1.29, 1.82) is 0 Å². The van der Waals surface area contributed by atoms with E-state index in [1.165, 1.54) is 24.0 Å². The predicted molar refractivity (Wildman–Crippen MR) is 124 cm³/mol. The fourth-order valence-electron chi connectivity index (χ4n) is 4.13. The van der Waals surface area contributed by atoms with Crippen molar-refractivity contribution in [2.24, 2.45) is 0 Å². The van der Waals surface area contributed by atoms with Gasteiger partial charge in [-0.2, -0.15) is 26.3 Å². The molecule has 12 heteroatoms. The summed E-state index contributed by atoms with van der Waals surface area (Å²) < 4.78 is 99.4. The van der Waals surface area contributed by atoms with Crippen LogP contribution in [0.15, 0.2) is 36.4 Å². The monoisotopic (exact) mass is 548 g/mol. The lowest BCUT2D eigenvalue weighted by Gasteiger charge is -2.39. The Morgan fingerprint density at radius 3 is 2.03 bits per heavy atom. The molecule has 1 aliphatic heterocycles. The first-order valence-corrected chi connectivity index (χ1v) is 11.7. The van der Waals surface area contributed by atoms with Crippen LogP contribution in [0.4, 0.5) is 35.5 Å². The Kier molecular flexibility index (Phi) is 8.05. The fourth-order valence-corrected chi connectivity index (χ4v) is 4.13. The molecule has 0 saturated carbocycles. The second kappa shape index (κ2) is 10.5. The lowest BCUT2D eigenvalue weighted by Crippen LogP contribution is -2.52. The summed E-state index contributed by atoms with van der Waals surface area (Å²) in [6, 6.07) is 4.12. The minimum absolute atomic E-state index is 0.0290. The summed E-state index contributed by atoms with van der Waals surface area (Å²) in [5.74, 6) is -2.42. The van der Waals surface area contributed by atoms with Gasteiger partial charge in [-0.3, -0.25) is 4.79 Å². The number of likely N-dealkylation sites (tertiary alicyclic amines) is 1. The molecule has 1 saturated heterocycles. The standard InChI is InChI=1S/C26H27F7N2O3/c1-14-5-6-15(11-20(14)27)19-13-35(23(37)38-24(2,3)4)8-7-21(19)34-22(36)16-9-17(25(28,29)30)12-18(10-16)26(31,32)33/h5-6,9-12,19,21H,7-8,13H2,1-4H3,(H,34,36). The molecule has 0 bridgehead atoms.